The quantitative estimate of drug-likeness (QED) is 0.658. The van der Waals surface area contributed by atoms with E-state index in [-0.39, 0.29) is 41.4 Å². The van der Waals surface area contributed by atoms with E-state index in [9.17, 15) is 14.4 Å². The van der Waals surface area contributed by atoms with Crippen LogP contribution in [0.25, 0.3) is 0 Å². The molecule has 2 bridgehead atoms. The lowest BCUT2D eigenvalue weighted by molar-refractivity contribution is -0.123. The molecule has 1 aromatic heterocycles. The van der Waals surface area contributed by atoms with E-state index in [0.29, 0.717) is 11.3 Å². The van der Waals surface area contributed by atoms with Gasteiger partial charge < -0.3 is 0 Å². The zero-order valence-corrected chi connectivity index (χ0v) is 13.6. The molecule has 3 aliphatic rings. The molecule has 2 fully saturated rings. The van der Waals surface area contributed by atoms with Gasteiger partial charge in [0.15, 0.2) is 0 Å². The Morgan fingerprint density at radius 3 is 2.12 bits per heavy atom. The molecule has 8 heteroatoms. The van der Waals surface area contributed by atoms with Crippen LogP contribution in [0.15, 0.2) is 49.1 Å². The van der Waals surface area contributed by atoms with Crippen molar-refractivity contribution < 1.29 is 14.4 Å². The molecule has 2 aliphatic carbocycles. The summed E-state index contributed by atoms with van der Waals surface area (Å²) in [4.78, 5) is 39.1. The summed E-state index contributed by atoms with van der Waals surface area (Å²) >= 11 is 0. The van der Waals surface area contributed by atoms with Gasteiger partial charge in [-0.1, -0.05) is 12.2 Å². The number of hydrogen-bond acceptors (Lipinski definition) is 5. The zero-order valence-electron chi connectivity index (χ0n) is 13.6. The van der Waals surface area contributed by atoms with E-state index in [1.54, 1.807) is 24.3 Å². The highest BCUT2D eigenvalue weighted by Crippen LogP contribution is 2.53. The van der Waals surface area contributed by atoms with Crippen LogP contribution >= 0.6 is 0 Å². The van der Waals surface area contributed by atoms with Crippen LogP contribution in [0.2, 0.25) is 0 Å². The second-order valence-corrected chi connectivity index (χ2v) is 6.87. The van der Waals surface area contributed by atoms with Crippen molar-refractivity contribution in [1.82, 2.24) is 14.9 Å². The molecule has 2 aromatic rings. The fourth-order valence-electron chi connectivity index (χ4n) is 4.36. The first kappa shape index (κ1) is 15.0. The number of amides is 3. The highest BCUT2D eigenvalue weighted by molar-refractivity contribution is 6.22. The Labute approximate surface area is 148 Å². The number of anilines is 1. The third-order valence-electron chi connectivity index (χ3n) is 5.51. The Morgan fingerprint density at radius 2 is 1.54 bits per heavy atom. The minimum atomic E-state index is -0.338. The Hall–Kier alpha value is -3.29. The van der Waals surface area contributed by atoms with Gasteiger partial charge in [0.2, 0.25) is 11.8 Å². The van der Waals surface area contributed by atoms with Gasteiger partial charge in [-0.05, 0) is 42.5 Å². The summed E-state index contributed by atoms with van der Waals surface area (Å²) in [5.41, 5.74) is 3.51. The van der Waals surface area contributed by atoms with Crippen LogP contribution < -0.4 is 10.3 Å². The molecule has 4 atom stereocenters. The number of carbonyl (C=O) groups is 3. The van der Waals surface area contributed by atoms with Crippen LogP contribution in [0, 0.1) is 23.7 Å². The van der Waals surface area contributed by atoms with Crippen molar-refractivity contribution in [3.63, 3.8) is 0 Å². The van der Waals surface area contributed by atoms with Crippen molar-refractivity contribution in [1.29, 1.82) is 0 Å². The molecule has 1 aromatic carbocycles. The summed E-state index contributed by atoms with van der Waals surface area (Å²) in [5, 5.41) is 7.22. The molecule has 4 unspecified atom stereocenters. The molecule has 0 radical (unpaired) electrons. The summed E-state index contributed by atoms with van der Waals surface area (Å²) in [7, 11) is 0. The summed E-state index contributed by atoms with van der Waals surface area (Å²) < 4.78 is 1.34. The Bertz CT molecular complexity index is 904. The largest absolute Gasteiger partial charge is 0.274 e. The molecule has 1 saturated carbocycles. The van der Waals surface area contributed by atoms with Crippen LogP contribution in [0.4, 0.5) is 5.69 Å². The molecule has 5 rings (SSSR count). The third kappa shape index (κ3) is 2.05. The maximum Gasteiger partial charge on any atom is 0.270 e. The molecule has 8 nitrogen and oxygen atoms in total. The fourth-order valence-corrected chi connectivity index (χ4v) is 4.36. The van der Waals surface area contributed by atoms with E-state index < -0.39 is 0 Å². The van der Waals surface area contributed by atoms with Crippen molar-refractivity contribution in [2.45, 2.75) is 6.42 Å². The normalized spacial score (nSPS) is 28.7. The number of imide groups is 1. The Morgan fingerprint density at radius 1 is 0.962 bits per heavy atom. The SMILES string of the molecule is O=C(Nn1cnnc1)c1ccc(N2C(=O)C3C4C=CC(C4)C3C2=O)cc1. The summed E-state index contributed by atoms with van der Waals surface area (Å²) in [6.07, 6.45) is 7.78. The van der Waals surface area contributed by atoms with Gasteiger partial charge in [0.05, 0.1) is 17.5 Å². The maximum atomic E-state index is 12.8. The molecule has 1 N–H and O–H groups in total. The number of allylic oxidation sites excluding steroid dienone is 2. The van der Waals surface area contributed by atoms with Crippen molar-refractivity contribution in [3.05, 3.63) is 54.6 Å². The Balaban J connectivity index is 1.37. The van der Waals surface area contributed by atoms with E-state index in [0.717, 1.165) is 6.42 Å². The molecule has 2 heterocycles. The van der Waals surface area contributed by atoms with Crippen LogP contribution in [0.1, 0.15) is 16.8 Å². The molecule has 1 aliphatic heterocycles. The smallest absolute Gasteiger partial charge is 0.270 e. The second kappa shape index (κ2) is 5.35. The third-order valence-corrected chi connectivity index (χ3v) is 5.51. The number of aromatic nitrogens is 3. The van der Waals surface area contributed by atoms with Gasteiger partial charge in [0.1, 0.15) is 12.7 Å². The average Bonchev–Trinajstić information content (AvgIpc) is 3.41. The van der Waals surface area contributed by atoms with Crippen molar-refractivity contribution in [2.75, 3.05) is 10.3 Å². The summed E-state index contributed by atoms with van der Waals surface area (Å²) in [6.45, 7) is 0. The molecular weight excluding hydrogens is 334 g/mol. The molecule has 26 heavy (non-hydrogen) atoms. The van der Waals surface area contributed by atoms with E-state index in [1.165, 1.54) is 22.2 Å². The predicted octanol–water partition coefficient (Wildman–Crippen LogP) is 0.973. The van der Waals surface area contributed by atoms with Crippen molar-refractivity contribution in [2.24, 2.45) is 23.7 Å². The molecule has 1 saturated heterocycles. The van der Waals surface area contributed by atoms with Crippen LogP contribution in [-0.2, 0) is 9.59 Å². The predicted molar refractivity (Wildman–Crippen MR) is 90.4 cm³/mol. The van der Waals surface area contributed by atoms with E-state index >= 15 is 0 Å². The van der Waals surface area contributed by atoms with Gasteiger partial charge >= 0.3 is 0 Å². The maximum absolute atomic E-state index is 12.8. The Kier molecular flexibility index (Phi) is 3.09. The number of rotatable bonds is 3. The molecule has 0 spiro atoms. The number of nitrogens with zero attached hydrogens (tertiary/aromatic N) is 4. The molecule has 130 valence electrons. The van der Waals surface area contributed by atoms with E-state index in [1.807, 2.05) is 0 Å². The van der Waals surface area contributed by atoms with Crippen LogP contribution in [0.5, 0.6) is 0 Å². The molecular formula is C18H15N5O3. The fraction of sp³-hybridized carbons (Fsp3) is 0.278. The van der Waals surface area contributed by atoms with E-state index in [4.69, 9.17) is 0 Å². The van der Waals surface area contributed by atoms with Gasteiger partial charge in [-0.15, -0.1) is 10.2 Å². The number of benzene rings is 1. The summed E-state index contributed by atoms with van der Waals surface area (Å²) in [6, 6.07) is 6.45. The lowest BCUT2D eigenvalue weighted by Gasteiger charge is -2.17. The van der Waals surface area contributed by atoms with Gasteiger partial charge in [0, 0.05) is 5.56 Å². The topological polar surface area (TPSA) is 97.2 Å². The number of carbonyl (C=O) groups excluding carboxylic acids is 3. The zero-order chi connectivity index (χ0) is 17.8. The van der Waals surface area contributed by atoms with Crippen LogP contribution in [-0.4, -0.2) is 32.6 Å². The highest BCUT2D eigenvalue weighted by atomic mass is 16.2. The first-order valence-electron chi connectivity index (χ1n) is 8.45. The first-order valence-corrected chi connectivity index (χ1v) is 8.45. The number of fused-ring (bicyclic) bond motifs is 5. The minimum absolute atomic E-state index is 0.126. The minimum Gasteiger partial charge on any atom is -0.274 e. The standard InChI is InChI=1S/C18H15N5O3/c24-16(21-22-8-19-20-9-22)10-3-5-13(6-4-10)23-17(25)14-11-1-2-12(7-11)15(14)18(23)26/h1-6,8-9,11-12,14-15H,7H2,(H,21,24). The average molecular weight is 349 g/mol. The first-order chi connectivity index (χ1) is 12.6. The second-order valence-electron chi connectivity index (χ2n) is 6.87. The lowest BCUT2D eigenvalue weighted by Crippen LogP contribution is -2.32. The molecule has 3 amide bonds. The summed E-state index contributed by atoms with van der Waals surface area (Å²) in [5.74, 6) is -0.685. The number of hydrogen-bond donors (Lipinski definition) is 1. The van der Waals surface area contributed by atoms with Gasteiger partial charge in [-0.3, -0.25) is 24.7 Å². The van der Waals surface area contributed by atoms with Gasteiger partial charge in [0.25, 0.3) is 5.91 Å². The highest BCUT2D eigenvalue weighted by Gasteiger charge is 2.59. The monoisotopic (exact) mass is 349 g/mol. The van der Waals surface area contributed by atoms with Gasteiger partial charge in [-0.25, -0.2) is 4.68 Å². The lowest BCUT2D eigenvalue weighted by atomic mass is 9.85. The van der Waals surface area contributed by atoms with Crippen molar-refractivity contribution in [3.8, 4) is 0 Å². The number of nitrogens with one attached hydrogen (secondary N) is 1. The van der Waals surface area contributed by atoms with E-state index in [2.05, 4.69) is 27.8 Å². The van der Waals surface area contributed by atoms with Crippen molar-refractivity contribution >= 4 is 23.4 Å². The van der Waals surface area contributed by atoms with Crippen LogP contribution in [0.3, 0.4) is 0 Å². The van der Waals surface area contributed by atoms with Gasteiger partial charge in [-0.2, -0.15) is 0 Å².